The van der Waals surface area contributed by atoms with Gasteiger partial charge >= 0.3 is 0 Å². The zero-order chi connectivity index (χ0) is 43.2. The minimum atomic E-state index is -2.09. The maximum absolute atomic E-state index is 2.65. The van der Waals surface area contributed by atoms with Crippen molar-refractivity contribution in [2.24, 2.45) is 0 Å². The van der Waals surface area contributed by atoms with E-state index in [1.807, 2.05) is 0 Å². The SMILES string of the molecule is Cc1cc(C)cc(N(c2ccc3c(c2)C([Si](C)(C)C)([Si](C)(C)C)c2c-3c3ccccc3c3cc(N(c4cc(C)cc(C)c4)c4ccccc4C)ccc23)c2ccccc2C)c1. The summed E-state index contributed by atoms with van der Waals surface area (Å²) in [6.07, 6.45) is 0. The van der Waals surface area contributed by atoms with E-state index in [0.29, 0.717) is 0 Å². The molecule has 0 bridgehead atoms. The standard InChI is InChI=1S/C57H60N2Si2/c1-37-29-38(2)32-45(31-37)58(53-23-17-13-19-41(53)5)43-25-27-49-51(35-43)47-21-15-16-22-48(47)55-50-28-26-44(36-52(50)57(56(49)55,60(7,8)9)61(10,11)12)59(54-24-18-14-20-42(54)6)46-33-39(3)30-40(4)34-46/h13-36H,1-12H3. The molecule has 0 saturated heterocycles. The van der Waals surface area contributed by atoms with Crippen LogP contribution in [0, 0.1) is 41.5 Å². The number of hydrogen-bond donors (Lipinski definition) is 0. The van der Waals surface area contributed by atoms with Crippen LogP contribution in [0.4, 0.5) is 34.1 Å². The average molecular weight is 829 g/mol. The molecule has 8 aromatic carbocycles. The fourth-order valence-electron chi connectivity index (χ4n) is 11.6. The van der Waals surface area contributed by atoms with Gasteiger partial charge in [0.2, 0.25) is 0 Å². The number of hydrogen-bond acceptors (Lipinski definition) is 2. The quantitative estimate of drug-likeness (QED) is 0.111. The van der Waals surface area contributed by atoms with Gasteiger partial charge in [-0.1, -0.05) is 124 Å². The maximum atomic E-state index is 2.65. The van der Waals surface area contributed by atoms with E-state index in [2.05, 4.69) is 236 Å². The van der Waals surface area contributed by atoms with Crippen molar-refractivity contribution in [3.05, 3.63) is 190 Å². The van der Waals surface area contributed by atoms with Crippen LogP contribution in [-0.2, 0) is 4.66 Å². The second-order valence-corrected chi connectivity index (χ2v) is 30.9. The predicted octanol–water partition coefficient (Wildman–Crippen LogP) is 16.8. The van der Waals surface area contributed by atoms with Crippen molar-refractivity contribution < 1.29 is 0 Å². The van der Waals surface area contributed by atoms with Gasteiger partial charge in [0.1, 0.15) is 0 Å². The molecule has 0 atom stereocenters. The number of fused-ring (bicyclic) bond motifs is 8. The van der Waals surface area contributed by atoms with Crippen LogP contribution < -0.4 is 9.80 Å². The van der Waals surface area contributed by atoms with E-state index in [-0.39, 0.29) is 4.66 Å². The van der Waals surface area contributed by atoms with E-state index < -0.39 is 16.1 Å². The van der Waals surface area contributed by atoms with Crippen LogP contribution in [0.5, 0.6) is 0 Å². The molecule has 4 heteroatoms. The minimum Gasteiger partial charge on any atom is -0.310 e. The highest BCUT2D eigenvalue weighted by Crippen LogP contribution is 2.62. The first-order valence-corrected chi connectivity index (χ1v) is 29.0. The molecule has 306 valence electrons. The van der Waals surface area contributed by atoms with E-state index in [4.69, 9.17) is 0 Å². The molecule has 61 heavy (non-hydrogen) atoms. The molecule has 0 saturated carbocycles. The fraction of sp³-hybridized carbons (Fsp3) is 0.228. The number of rotatable bonds is 8. The zero-order valence-corrected chi connectivity index (χ0v) is 40.3. The first-order valence-electron chi connectivity index (χ1n) is 22.0. The molecule has 0 spiro atoms. The van der Waals surface area contributed by atoms with Crippen molar-refractivity contribution >= 4 is 71.8 Å². The van der Waals surface area contributed by atoms with Crippen molar-refractivity contribution in [2.45, 2.75) is 85.5 Å². The summed E-state index contributed by atoms with van der Waals surface area (Å²) in [6, 6.07) is 55.8. The zero-order valence-electron chi connectivity index (χ0n) is 38.3. The number of nitrogens with zero attached hydrogens (tertiary/aromatic N) is 2. The van der Waals surface area contributed by atoms with E-state index in [1.54, 1.807) is 5.56 Å². The van der Waals surface area contributed by atoms with Gasteiger partial charge in [-0.2, -0.15) is 0 Å². The lowest BCUT2D eigenvalue weighted by molar-refractivity contribution is 0.962. The summed E-state index contributed by atoms with van der Waals surface area (Å²) in [5, 5.41) is 5.40. The smallest absolute Gasteiger partial charge is 0.0579 e. The van der Waals surface area contributed by atoms with E-state index in [9.17, 15) is 0 Å². The second kappa shape index (κ2) is 14.7. The van der Waals surface area contributed by atoms with Gasteiger partial charge in [0.25, 0.3) is 0 Å². The van der Waals surface area contributed by atoms with Crippen LogP contribution >= 0.6 is 0 Å². The van der Waals surface area contributed by atoms with Crippen molar-refractivity contribution in [3.63, 3.8) is 0 Å². The summed E-state index contributed by atoms with van der Waals surface area (Å²) in [5.41, 5.74) is 20.8. The Morgan fingerprint density at radius 3 is 1.31 bits per heavy atom. The van der Waals surface area contributed by atoms with Gasteiger partial charge in [-0.25, -0.2) is 0 Å². The van der Waals surface area contributed by atoms with Crippen LogP contribution in [0.3, 0.4) is 0 Å². The van der Waals surface area contributed by atoms with Crippen molar-refractivity contribution in [3.8, 4) is 11.1 Å². The summed E-state index contributed by atoms with van der Waals surface area (Å²) in [5.74, 6) is 0. The third kappa shape index (κ3) is 6.49. The largest absolute Gasteiger partial charge is 0.310 e. The van der Waals surface area contributed by atoms with E-state index in [1.165, 1.54) is 106 Å². The van der Waals surface area contributed by atoms with Gasteiger partial charge in [-0.05, 0) is 179 Å². The van der Waals surface area contributed by atoms with E-state index in [0.717, 1.165) is 0 Å². The summed E-state index contributed by atoms with van der Waals surface area (Å²) < 4.78 is -0.0895. The Morgan fingerprint density at radius 1 is 0.377 bits per heavy atom. The number of para-hydroxylation sites is 2. The highest BCUT2D eigenvalue weighted by atomic mass is 28.4. The summed E-state index contributed by atoms with van der Waals surface area (Å²) >= 11 is 0. The van der Waals surface area contributed by atoms with Crippen molar-refractivity contribution in [1.82, 2.24) is 0 Å². The summed E-state index contributed by atoms with van der Waals surface area (Å²) in [4.78, 5) is 5.00. The molecule has 0 aliphatic heterocycles. The van der Waals surface area contributed by atoms with E-state index >= 15 is 0 Å². The predicted molar refractivity (Wildman–Crippen MR) is 272 cm³/mol. The molecule has 0 radical (unpaired) electrons. The number of aryl methyl sites for hydroxylation is 6. The first-order chi connectivity index (χ1) is 29.0. The van der Waals surface area contributed by atoms with Crippen LogP contribution in [-0.4, -0.2) is 16.1 Å². The van der Waals surface area contributed by atoms with Gasteiger partial charge in [-0.3, -0.25) is 0 Å². The lowest BCUT2D eigenvalue weighted by Gasteiger charge is -2.52. The molecule has 9 rings (SSSR count). The molecule has 0 unspecified atom stereocenters. The van der Waals surface area contributed by atoms with Crippen LogP contribution in [0.1, 0.15) is 44.5 Å². The summed E-state index contributed by atoms with van der Waals surface area (Å²) in [6.45, 7) is 29.2. The topological polar surface area (TPSA) is 6.48 Å². The monoisotopic (exact) mass is 828 g/mol. The molecule has 0 aromatic heterocycles. The van der Waals surface area contributed by atoms with Gasteiger partial charge < -0.3 is 9.80 Å². The van der Waals surface area contributed by atoms with Crippen LogP contribution in [0.15, 0.2) is 146 Å². The third-order valence-electron chi connectivity index (χ3n) is 13.5. The highest BCUT2D eigenvalue weighted by molar-refractivity contribution is 7.00. The molecule has 2 nitrogen and oxygen atoms in total. The molecular formula is C57H60N2Si2. The first kappa shape index (κ1) is 40.7. The molecule has 1 aliphatic rings. The van der Waals surface area contributed by atoms with Crippen LogP contribution in [0.2, 0.25) is 39.3 Å². The molecule has 0 amide bonds. The molecular weight excluding hydrogens is 769 g/mol. The molecule has 0 N–H and O–H groups in total. The van der Waals surface area contributed by atoms with Gasteiger partial charge in [0, 0.05) is 38.8 Å². The lowest BCUT2D eigenvalue weighted by Crippen LogP contribution is -2.63. The van der Waals surface area contributed by atoms with Gasteiger partial charge in [0.15, 0.2) is 0 Å². The molecule has 0 fully saturated rings. The molecule has 0 heterocycles. The summed E-state index contributed by atoms with van der Waals surface area (Å²) in [7, 11) is -4.18. The Morgan fingerprint density at radius 2 is 0.820 bits per heavy atom. The Labute approximate surface area is 366 Å². The van der Waals surface area contributed by atoms with Crippen LogP contribution in [0.25, 0.3) is 32.7 Å². The molecule has 8 aromatic rings. The number of anilines is 6. The highest BCUT2D eigenvalue weighted by Gasteiger charge is 2.60. The Balaban J connectivity index is 1.38. The third-order valence-corrected chi connectivity index (χ3v) is 23.5. The van der Waals surface area contributed by atoms with Crippen molar-refractivity contribution in [2.75, 3.05) is 9.80 Å². The lowest BCUT2D eigenvalue weighted by atomic mass is 9.91. The Bertz CT molecular complexity index is 2980. The Kier molecular flexibility index (Phi) is 9.84. The second-order valence-electron chi connectivity index (χ2n) is 19.9. The normalized spacial score (nSPS) is 13.4. The van der Waals surface area contributed by atoms with Gasteiger partial charge in [0.05, 0.1) is 16.1 Å². The Hall–Kier alpha value is -5.69. The number of benzene rings is 8. The van der Waals surface area contributed by atoms with Gasteiger partial charge in [-0.15, -0.1) is 0 Å². The maximum Gasteiger partial charge on any atom is 0.0579 e. The van der Waals surface area contributed by atoms with Crippen molar-refractivity contribution in [1.29, 1.82) is 0 Å². The average Bonchev–Trinajstić information content (AvgIpc) is 3.52. The minimum absolute atomic E-state index is 0.0895. The molecule has 1 aliphatic carbocycles. The fourth-order valence-corrected chi connectivity index (χ4v) is 24.7.